The molecule has 1 heterocycles. The van der Waals surface area contributed by atoms with Gasteiger partial charge in [0.1, 0.15) is 5.01 Å². The number of nitrogens with one attached hydrogen (secondary N) is 2. The fourth-order valence-corrected chi connectivity index (χ4v) is 3.29. The highest BCUT2D eigenvalue weighted by Gasteiger charge is 2.11. The zero-order valence-corrected chi connectivity index (χ0v) is 15.2. The summed E-state index contributed by atoms with van der Waals surface area (Å²) < 4.78 is 0. The summed E-state index contributed by atoms with van der Waals surface area (Å²) in [7, 11) is 0. The maximum absolute atomic E-state index is 12.1. The minimum Gasteiger partial charge on any atom is -0.376 e. The van der Waals surface area contributed by atoms with Crippen LogP contribution in [-0.2, 0) is 4.79 Å². The summed E-state index contributed by atoms with van der Waals surface area (Å²) in [6.07, 6.45) is 0. The van der Waals surface area contributed by atoms with Gasteiger partial charge in [-0.15, -0.1) is 10.2 Å². The first-order valence-corrected chi connectivity index (χ1v) is 8.82. The molecule has 0 aliphatic carbocycles. The van der Waals surface area contributed by atoms with E-state index in [2.05, 4.69) is 33.0 Å². The molecule has 26 heavy (non-hydrogen) atoms. The van der Waals surface area contributed by atoms with Crippen LogP contribution in [0.5, 0.6) is 0 Å². The molecular weight excluding hydrogens is 346 g/mol. The van der Waals surface area contributed by atoms with Crippen molar-refractivity contribution in [1.82, 2.24) is 10.2 Å². The number of carbonyl (C=O) groups is 1. The Hall–Kier alpha value is -3.24. The number of hydrogen-bond donors (Lipinski definition) is 2. The molecule has 0 aliphatic rings. The van der Waals surface area contributed by atoms with Crippen molar-refractivity contribution >= 4 is 28.1 Å². The van der Waals surface area contributed by atoms with E-state index in [4.69, 9.17) is 5.26 Å². The molecule has 6 nitrogen and oxygen atoms in total. The number of rotatable bonds is 5. The van der Waals surface area contributed by atoms with Crippen LogP contribution >= 0.6 is 11.3 Å². The van der Waals surface area contributed by atoms with E-state index >= 15 is 0 Å². The molecule has 0 fully saturated rings. The van der Waals surface area contributed by atoms with Crippen LogP contribution in [0.15, 0.2) is 42.5 Å². The molecule has 3 aromatic rings. The molecule has 0 radical (unpaired) electrons. The number of hydrogen-bond acceptors (Lipinski definition) is 6. The first kappa shape index (κ1) is 17.6. The van der Waals surface area contributed by atoms with Crippen LogP contribution in [-0.4, -0.2) is 22.6 Å². The lowest BCUT2D eigenvalue weighted by Crippen LogP contribution is -2.21. The smallest absolute Gasteiger partial charge is 0.245 e. The Labute approximate surface area is 155 Å². The van der Waals surface area contributed by atoms with Crippen LogP contribution in [0.3, 0.4) is 0 Å². The zero-order chi connectivity index (χ0) is 18.5. The standard InChI is InChI=1S/C19H17N5OS/c1-12-3-8-16(13(2)9-12)18-23-24-19(26-18)22-17(25)11-21-15-6-4-14(10-20)5-7-15/h3-9,21H,11H2,1-2H3,(H,22,24,25). The van der Waals surface area contributed by atoms with Crippen molar-refractivity contribution in [2.75, 3.05) is 17.2 Å². The molecule has 2 N–H and O–H groups in total. The van der Waals surface area contributed by atoms with E-state index in [9.17, 15) is 4.79 Å². The van der Waals surface area contributed by atoms with Gasteiger partial charge in [-0.3, -0.25) is 10.1 Å². The van der Waals surface area contributed by atoms with Crippen LogP contribution in [0.1, 0.15) is 16.7 Å². The third-order valence-electron chi connectivity index (χ3n) is 3.75. The predicted molar refractivity (Wildman–Crippen MR) is 103 cm³/mol. The SMILES string of the molecule is Cc1ccc(-c2nnc(NC(=O)CNc3ccc(C#N)cc3)s2)c(C)c1. The highest BCUT2D eigenvalue weighted by atomic mass is 32.1. The van der Waals surface area contributed by atoms with E-state index in [0.29, 0.717) is 10.7 Å². The van der Waals surface area contributed by atoms with E-state index in [1.54, 1.807) is 24.3 Å². The Morgan fingerprint density at radius 3 is 2.62 bits per heavy atom. The summed E-state index contributed by atoms with van der Waals surface area (Å²) in [5.74, 6) is -0.210. The molecule has 0 bridgehead atoms. The lowest BCUT2D eigenvalue weighted by Gasteiger charge is -2.05. The average Bonchev–Trinajstić information content (AvgIpc) is 3.08. The molecule has 0 unspecified atom stereocenters. The van der Waals surface area contributed by atoms with Crippen LogP contribution in [0.4, 0.5) is 10.8 Å². The van der Waals surface area contributed by atoms with Gasteiger partial charge < -0.3 is 5.32 Å². The van der Waals surface area contributed by atoms with Gasteiger partial charge in [0.25, 0.3) is 0 Å². The minimum absolute atomic E-state index is 0.102. The lowest BCUT2D eigenvalue weighted by molar-refractivity contribution is -0.114. The summed E-state index contributed by atoms with van der Waals surface area (Å²) in [6.45, 7) is 4.18. The molecule has 2 aromatic carbocycles. The number of aromatic nitrogens is 2. The zero-order valence-electron chi connectivity index (χ0n) is 14.4. The van der Waals surface area contributed by atoms with Crippen molar-refractivity contribution in [3.8, 4) is 16.6 Å². The predicted octanol–water partition coefficient (Wildman–Crippen LogP) is 3.74. The number of carbonyl (C=O) groups excluding carboxylic acids is 1. The van der Waals surface area contributed by atoms with Crippen LogP contribution in [0.25, 0.3) is 10.6 Å². The first-order chi connectivity index (χ1) is 12.5. The number of nitriles is 1. The van der Waals surface area contributed by atoms with Gasteiger partial charge in [-0.1, -0.05) is 35.1 Å². The number of nitrogens with zero attached hydrogens (tertiary/aromatic N) is 3. The number of benzene rings is 2. The Balaban J connectivity index is 1.59. The highest BCUT2D eigenvalue weighted by molar-refractivity contribution is 7.18. The van der Waals surface area contributed by atoms with E-state index in [1.165, 1.54) is 16.9 Å². The Morgan fingerprint density at radius 1 is 1.15 bits per heavy atom. The van der Waals surface area contributed by atoms with Gasteiger partial charge in [0.05, 0.1) is 18.2 Å². The summed E-state index contributed by atoms with van der Waals surface area (Å²) in [6, 6.07) is 15.1. The van der Waals surface area contributed by atoms with Crippen LogP contribution < -0.4 is 10.6 Å². The fourth-order valence-electron chi connectivity index (χ4n) is 2.44. The summed E-state index contributed by atoms with van der Waals surface area (Å²) in [5, 5.41) is 24.0. The fraction of sp³-hybridized carbons (Fsp3) is 0.158. The largest absolute Gasteiger partial charge is 0.376 e. The molecule has 1 aromatic heterocycles. The van der Waals surface area contributed by atoms with Crippen molar-refractivity contribution in [2.24, 2.45) is 0 Å². The maximum Gasteiger partial charge on any atom is 0.245 e. The van der Waals surface area contributed by atoms with Crippen LogP contribution in [0, 0.1) is 25.2 Å². The van der Waals surface area contributed by atoms with E-state index < -0.39 is 0 Å². The second-order valence-corrected chi connectivity index (χ2v) is 6.80. The third-order valence-corrected chi connectivity index (χ3v) is 4.62. The van der Waals surface area contributed by atoms with E-state index in [0.717, 1.165) is 21.8 Å². The van der Waals surface area contributed by atoms with Crippen molar-refractivity contribution in [3.63, 3.8) is 0 Å². The summed E-state index contributed by atoms with van der Waals surface area (Å²) >= 11 is 1.34. The highest BCUT2D eigenvalue weighted by Crippen LogP contribution is 2.29. The minimum atomic E-state index is -0.210. The van der Waals surface area contributed by atoms with Gasteiger partial charge in [-0.25, -0.2) is 0 Å². The molecule has 3 rings (SSSR count). The monoisotopic (exact) mass is 363 g/mol. The Morgan fingerprint density at radius 2 is 1.92 bits per heavy atom. The van der Waals surface area contributed by atoms with E-state index in [1.807, 2.05) is 26.0 Å². The van der Waals surface area contributed by atoms with Crippen LogP contribution in [0.2, 0.25) is 0 Å². The van der Waals surface area contributed by atoms with Gasteiger partial charge in [-0.05, 0) is 43.7 Å². The molecule has 130 valence electrons. The van der Waals surface area contributed by atoms with Gasteiger partial charge in [0, 0.05) is 11.3 Å². The van der Waals surface area contributed by atoms with Gasteiger partial charge in [0.2, 0.25) is 11.0 Å². The molecule has 7 heteroatoms. The quantitative estimate of drug-likeness (QED) is 0.720. The molecule has 1 amide bonds. The Kier molecular flexibility index (Phi) is 5.25. The normalized spacial score (nSPS) is 10.2. The molecule has 0 saturated carbocycles. The molecule has 0 saturated heterocycles. The van der Waals surface area contributed by atoms with Crippen molar-refractivity contribution in [2.45, 2.75) is 13.8 Å². The van der Waals surface area contributed by atoms with Crippen molar-refractivity contribution < 1.29 is 4.79 Å². The van der Waals surface area contributed by atoms with Crippen molar-refractivity contribution in [3.05, 3.63) is 59.2 Å². The molecular formula is C19H17N5OS. The molecule has 0 spiro atoms. The second kappa shape index (κ2) is 7.76. The Bertz CT molecular complexity index is 972. The van der Waals surface area contributed by atoms with Gasteiger partial charge in [-0.2, -0.15) is 5.26 Å². The first-order valence-electron chi connectivity index (χ1n) is 8.00. The summed E-state index contributed by atoms with van der Waals surface area (Å²) in [4.78, 5) is 12.1. The number of anilines is 2. The molecule has 0 atom stereocenters. The second-order valence-electron chi connectivity index (χ2n) is 5.82. The number of amides is 1. The average molecular weight is 363 g/mol. The number of aryl methyl sites for hydroxylation is 2. The lowest BCUT2D eigenvalue weighted by atomic mass is 10.1. The van der Waals surface area contributed by atoms with Crippen molar-refractivity contribution in [1.29, 1.82) is 5.26 Å². The van der Waals surface area contributed by atoms with Gasteiger partial charge >= 0.3 is 0 Å². The van der Waals surface area contributed by atoms with E-state index in [-0.39, 0.29) is 12.5 Å². The molecule has 0 aliphatic heterocycles. The third kappa shape index (κ3) is 4.23. The maximum atomic E-state index is 12.1. The van der Waals surface area contributed by atoms with Gasteiger partial charge in [0.15, 0.2) is 0 Å². The topological polar surface area (TPSA) is 90.7 Å². The summed E-state index contributed by atoms with van der Waals surface area (Å²) in [5.41, 5.74) is 4.68.